The van der Waals surface area contributed by atoms with Crippen molar-refractivity contribution >= 4 is 5.96 Å². The fraction of sp³-hybridized carbons (Fsp3) is 0.933. The Kier molecular flexibility index (Phi) is 4.17. The molecule has 0 aliphatic heterocycles. The molecule has 0 aromatic heterocycles. The molecule has 0 heterocycles. The van der Waals surface area contributed by atoms with Gasteiger partial charge in [0.05, 0.1) is 0 Å². The lowest BCUT2D eigenvalue weighted by Gasteiger charge is -2.57. The SMILES string of the molecule is COCCCN=C(NN)NC12CC3CC(CC(C3)C1)C2. The summed E-state index contributed by atoms with van der Waals surface area (Å²) in [6.07, 6.45) is 9.21. The second-order valence-electron chi connectivity index (χ2n) is 7.04. The first-order valence-electron chi connectivity index (χ1n) is 8.01. The number of aliphatic imine (C=N–C) groups is 1. The molecule has 4 rings (SSSR count). The molecule has 0 amide bonds. The maximum atomic E-state index is 5.64. The van der Waals surface area contributed by atoms with Gasteiger partial charge in [-0.1, -0.05) is 0 Å². The summed E-state index contributed by atoms with van der Waals surface area (Å²) in [5.74, 6) is 9.20. The van der Waals surface area contributed by atoms with E-state index in [1.54, 1.807) is 7.11 Å². The minimum absolute atomic E-state index is 0.265. The minimum atomic E-state index is 0.265. The third kappa shape index (κ3) is 2.93. The lowest BCUT2D eigenvalue weighted by Crippen LogP contribution is -2.62. The second kappa shape index (κ2) is 5.90. The van der Waals surface area contributed by atoms with Crippen LogP contribution in [-0.2, 0) is 4.74 Å². The van der Waals surface area contributed by atoms with Crippen LogP contribution in [0, 0.1) is 17.8 Å². The molecular weight excluding hydrogens is 252 g/mol. The van der Waals surface area contributed by atoms with Gasteiger partial charge in [-0.05, 0) is 62.7 Å². The van der Waals surface area contributed by atoms with Gasteiger partial charge in [-0.25, -0.2) is 5.84 Å². The van der Waals surface area contributed by atoms with E-state index in [0.717, 1.165) is 43.3 Å². The van der Waals surface area contributed by atoms with Gasteiger partial charge in [0.1, 0.15) is 0 Å². The molecule has 0 radical (unpaired) electrons. The Morgan fingerprint density at radius 1 is 1.20 bits per heavy atom. The lowest BCUT2D eigenvalue weighted by molar-refractivity contribution is -0.0105. The zero-order valence-electron chi connectivity index (χ0n) is 12.5. The topological polar surface area (TPSA) is 71.7 Å². The fourth-order valence-electron chi connectivity index (χ4n) is 5.04. The number of nitrogens with two attached hydrogens (primary N) is 1. The van der Waals surface area contributed by atoms with E-state index in [0.29, 0.717) is 0 Å². The Balaban J connectivity index is 1.60. The molecule has 5 heteroatoms. The van der Waals surface area contributed by atoms with E-state index in [1.165, 1.54) is 38.5 Å². The second-order valence-corrected chi connectivity index (χ2v) is 7.04. The monoisotopic (exact) mass is 280 g/mol. The highest BCUT2D eigenvalue weighted by atomic mass is 16.5. The molecule has 0 aromatic carbocycles. The van der Waals surface area contributed by atoms with E-state index in [-0.39, 0.29) is 5.54 Å². The first kappa shape index (κ1) is 14.1. The van der Waals surface area contributed by atoms with Gasteiger partial charge in [0, 0.05) is 25.8 Å². The summed E-state index contributed by atoms with van der Waals surface area (Å²) >= 11 is 0. The van der Waals surface area contributed by atoms with Gasteiger partial charge in [-0.15, -0.1) is 0 Å². The summed E-state index contributed by atoms with van der Waals surface area (Å²) in [5.41, 5.74) is 3.02. The van der Waals surface area contributed by atoms with E-state index >= 15 is 0 Å². The number of ether oxygens (including phenoxy) is 1. The number of rotatable bonds is 5. The average molecular weight is 280 g/mol. The Morgan fingerprint density at radius 3 is 2.30 bits per heavy atom. The zero-order valence-corrected chi connectivity index (χ0v) is 12.5. The number of hydrazine groups is 1. The van der Waals surface area contributed by atoms with Crippen LogP contribution in [-0.4, -0.2) is 31.8 Å². The predicted octanol–water partition coefficient (Wildman–Crippen LogP) is 1.40. The summed E-state index contributed by atoms with van der Waals surface area (Å²) in [4.78, 5) is 4.55. The molecule has 0 aromatic rings. The molecule has 5 nitrogen and oxygen atoms in total. The molecule has 4 saturated carbocycles. The first-order chi connectivity index (χ1) is 9.73. The zero-order chi connectivity index (χ0) is 14.0. The largest absolute Gasteiger partial charge is 0.385 e. The first-order valence-corrected chi connectivity index (χ1v) is 8.01. The van der Waals surface area contributed by atoms with Crippen LogP contribution in [0.15, 0.2) is 4.99 Å². The predicted molar refractivity (Wildman–Crippen MR) is 80.2 cm³/mol. The minimum Gasteiger partial charge on any atom is -0.385 e. The van der Waals surface area contributed by atoms with Crippen LogP contribution in [0.25, 0.3) is 0 Å². The highest BCUT2D eigenvalue weighted by molar-refractivity contribution is 5.80. The third-order valence-corrected chi connectivity index (χ3v) is 5.34. The summed E-state index contributed by atoms with van der Waals surface area (Å²) < 4.78 is 5.05. The quantitative estimate of drug-likeness (QED) is 0.234. The number of hydrogen-bond acceptors (Lipinski definition) is 3. The van der Waals surface area contributed by atoms with Crippen molar-refractivity contribution in [2.24, 2.45) is 28.6 Å². The average Bonchev–Trinajstić information content (AvgIpc) is 2.40. The van der Waals surface area contributed by atoms with E-state index in [9.17, 15) is 0 Å². The van der Waals surface area contributed by atoms with E-state index < -0.39 is 0 Å². The van der Waals surface area contributed by atoms with Crippen molar-refractivity contribution in [2.75, 3.05) is 20.3 Å². The molecule has 4 aliphatic carbocycles. The Labute approximate surface area is 121 Å². The van der Waals surface area contributed by atoms with Gasteiger partial charge < -0.3 is 10.1 Å². The van der Waals surface area contributed by atoms with Gasteiger partial charge in [0.2, 0.25) is 5.96 Å². The fourth-order valence-corrected chi connectivity index (χ4v) is 5.04. The Morgan fingerprint density at radius 2 is 1.80 bits per heavy atom. The van der Waals surface area contributed by atoms with Crippen molar-refractivity contribution in [3.63, 3.8) is 0 Å². The van der Waals surface area contributed by atoms with Crippen LogP contribution < -0.4 is 16.6 Å². The van der Waals surface area contributed by atoms with Gasteiger partial charge in [0.25, 0.3) is 0 Å². The van der Waals surface area contributed by atoms with Crippen molar-refractivity contribution in [3.05, 3.63) is 0 Å². The standard InChI is InChI=1S/C15H28N4O/c1-20-4-2-3-17-14(19-16)18-15-8-11-5-12(9-15)7-13(6-11)10-15/h11-13H,2-10,16H2,1H3,(H2,17,18,19). The van der Waals surface area contributed by atoms with E-state index in [2.05, 4.69) is 15.7 Å². The van der Waals surface area contributed by atoms with Gasteiger partial charge in [-0.3, -0.25) is 10.4 Å². The van der Waals surface area contributed by atoms with Crippen LogP contribution >= 0.6 is 0 Å². The normalized spacial score (nSPS) is 39.1. The molecule has 4 bridgehead atoms. The van der Waals surface area contributed by atoms with Crippen LogP contribution in [0.4, 0.5) is 0 Å². The number of hydrogen-bond donors (Lipinski definition) is 3. The van der Waals surface area contributed by atoms with Crippen LogP contribution in [0.5, 0.6) is 0 Å². The molecule has 4 aliphatic rings. The van der Waals surface area contributed by atoms with Crippen LogP contribution in [0.1, 0.15) is 44.9 Å². The van der Waals surface area contributed by atoms with Crippen molar-refractivity contribution in [2.45, 2.75) is 50.5 Å². The van der Waals surface area contributed by atoms with Crippen molar-refractivity contribution in [1.29, 1.82) is 0 Å². The molecule has 0 unspecified atom stereocenters. The number of nitrogens with zero attached hydrogens (tertiary/aromatic N) is 1. The van der Waals surface area contributed by atoms with Gasteiger partial charge in [0.15, 0.2) is 0 Å². The van der Waals surface area contributed by atoms with Crippen LogP contribution in [0.2, 0.25) is 0 Å². The maximum absolute atomic E-state index is 5.64. The molecule has 0 atom stereocenters. The Hall–Kier alpha value is -0.810. The smallest absolute Gasteiger partial charge is 0.206 e. The highest BCUT2D eigenvalue weighted by Gasteiger charge is 2.51. The molecular formula is C15H28N4O. The molecule has 0 saturated heterocycles. The van der Waals surface area contributed by atoms with Crippen molar-refractivity contribution in [1.82, 2.24) is 10.7 Å². The highest BCUT2D eigenvalue weighted by Crippen LogP contribution is 2.55. The van der Waals surface area contributed by atoms with Crippen molar-refractivity contribution in [3.8, 4) is 0 Å². The summed E-state index contributed by atoms with van der Waals surface area (Å²) in [6.45, 7) is 1.51. The van der Waals surface area contributed by atoms with E-state index in [4.69, 9.17) is 10.6 Å². The van der Waals surface area contributed by atoms with Gasteiger partial charge >= 0.3 is 0 Å². The maximum Gasteiger partial charge on any atom is 0.206 e. The summed E-state index contributed by atoms with van der Waals surface area (Å²) in [7, 11) is 1.72. The number of nitrogens with one attached hydrogen (secondary N) is 2. The molecule has 114 valence electrons. The van der Waals surface area contributed by atoms with Gasteiger partial charge in [-0.2, -0.15) is 0 Å². The van der Waals surface area contributed by atoms with Crippen LogP contribution in [0.3, 0.4) is 0 Å². The molecule has 4 fully saturated rings. The third-order valence-electron chi connectivity index (χ3n) is 5.34. The summed E-state index contributed by atoms with van der Waals surface area (Å²) in [5, 5.41) is 3.66. The molecule has 20 heavy (non-hydrogen) atoms. The Bertz CT molecular complexity index is 334. The van der Waals surface area contributed by atoms with E-state index in [1.807, 2.05) is 0 Å². The number of methoxy groups -OCH3 is 1. The molecule has 4 N–H and O–H groups in total. The number of guanidine groups is 1. The molecule has 0 spiro atoms. The summed E-state index contributed by atoms with van der Waals surface area (Å²) in [6, 6.07) is 0. The van der Waals surface area contributed by atoms with Crippen molar-refractivity contribution < 1.29 is 4.74 Å². The lowest BCUT2D eigenvalue weighted by atomic mass is 9.53.